The Balaban J connectivity index is 1.76. The fourth-order valence-electron chi connectivity index (χ4n) is 6.24. The van der Waals surface area contributed by atoms with Gasteiger partial charge in [0.15, 0.2) is 0 Å². The molecule has 1 fully saturated rings. The Morgan fingerprint density at radius 1 is 0.933 bits per heavy atom. The molecule has 1 aliphatic carbocycles. The van der Waals surface area contributed by atoms with Gasteiger partial charge in [0.2, 0.25) is 0 Å². The lowest BCUT2D eigenvalue weighted by atomic mass is 9.78. The summed E-state index contributed by atoms with van der Waals surface area (Å²) in [5.74, 6) is 6.36. The van der Waals surface area contributed by atoms with Gasteiger partial charge in [-0.1, -0.05) is 110 Å². The first kappa shape index (κ1) is 25.5. The maximum atomic E-state index is 2.57. The van der Waals surface area contributed by atoms with Crippen molar-refractivity contribution in [1.29, 1.82) is 0 Å². The quantitative estimate of drug-likeness (QED) is 0.251. The van der Waals surface area contributed by atoms with Crippen LogP contribution in [0.25, 0.3) is 0 Å². The van der Waals surface area contributed by atoms with Crippen LogP contribution in [0, 0.1) is 48.3 Å². The van der Waals surface area contributed by atoms with Gasteiger partial charge in [-0.05, 0) is 79.6 Å². The summed E-state index contributed by atoms with van der Waals surface area (Å²) >= 11 is 0. The molecule has 0 N–H and O–H groups in total. The lowest BCUT2D eigenvalue weighted by Gasteiger charge is -2.28. The summed E-state index contributed by atoms with van der Waals surface area (Å²) in [7, 11) is 0. The predicted octanol–water partition coefficient (Wildman–Crippen LogP) is 9.49. The normalized spacial score (nSPS) is 19.5. The van der Waals surface area contributed by atoms with E-state index in [2.05, 4.69) is 72.7 Å². The van der Waals surface area contributed by atoms with Gasteiger partial charge in [-0.25, -0.2) is 0 Å². The summed E-state index contributed by atoms with van der Waals surface area (Å²) < 4.78 is 0. The van der Waals surface area contributed by atoms with E-state index in [4.69, 9.17) is 0 Å². The maximum Gasteiger partial charge on any atom is -0.0253 e. The highest BCUT2D eigenvalue weighted by Crippen LogP contribution is 2.44. The Bertz CT molecular complexity index is 581. The van der Waals surface area contributed by atoms with Gasteiger partial charge >= 0.3 is 0 Å². The molecule has 1 aromatic carbocycles. The second-order valence-corrected chi connectivity index (χ2v) is 11.4. The van der Waals surface area contributed by atoms with Crippen molar-refractivity contribution in [3.63, 3.8) is 0 Å². The molecule has 1 aliphatic rings. The van der Waals surface area contributed by atoms with Crippen molar-refractivity contribution in [3.8, 4) is 0 Å². The maximum absolute atomic E-state index is 2.57. The molecular formula is C30H52. The largest absolute Gasteiger partial charge is 0.0651 e. The first-order chi connectivity index (χ1) is 14.3. The molecule has 5 atom stereocenters. The van der Waals surface area contributed by atoms with Gasteiger partial charge in [0.05, 0.1) is 0 Å². The molecule has 0 spiro atoms. The van der Waals surface area contributed by atoms with E-state index in [1.54, 1.807) is 0 Å². The molecule has 5 unspecified atom stereocenters. The summed E-state index contributed by atoms with van der Waals surface area (Å²) in [6, 6.07) is 9.16. The van der Waals surface area contributed by atoms with Gasteiger partial charge in [0, 0.05) is 0 Å². The third-order valence-electron chi connectivity index (χ3n) is 8.27. The van der Waals surface area contributed by atoms with Crippen molar-refractivity contribution >= 4 is 0 Å². The van der Waals surface area contributed by atoms with E-state index in [9.17, 15) is 0 Å². The first-order valence-electron chi connectivity index (χ1n) is 13.4. The molecule has 0 nitrogen and oxygen atoms in total. The van der Waals surface area contributed by atoms with Crippen LogP contribution in [0.1, 0.15) is 110 Å². The van der Waals surface area contributed by atoms with Crippen LogP contribution in [0.5, 0.6) is 0 Å². The fraction of sp³-hybridized carbons (Fsp3) is 0.800. The van der Waals surface area contributed by atoms with E-state index < -0.39 is 0 Å². The predicted molar refractivity (Wildman–Crippen MR) is 135 cm³/mol. The van der Waals surface area contributed by atoms with Crippen molar-refractivity contribution in [2.75, 3.05) is 0 Å². The lowest BCUT2D eigenvalue weighted by molar-refractivity contribution is 0.232. The minimum atomic E-state index is 0.800. The zero-order chi connectivity index (χ0) is 22.1. The van der Waals surface area contributed by atoms with Gasteiger partial charge < -0.3 is 0 Å². The second-order valence-electron chi connectivity index (χ2n) is 11.4. The SMILES string of the molecule is CCC(C(C)C)C(C)CCCCCC(CC(C)Cc1cccc(C)c1)C(C)C1CC1. The molecule has 30 heavy (non-hydrogen) atoms. The molecule has 0 saturated heterocycles. The minimum Gasteiger partial charge on any atom is -0.0651 e. The molecule has 0 amide bonds. The smallest absolute Gasteiger partial charge is 0.0253 e. The van der Waals surface area contributed by atoms with Gasteiger partial charge in [0.1, 0.15) is 0 Å². The van der Waals surface area contributed by atoms with E-state index >= 15 is 0 Å². The molecule has 0 heterocycles. The number of unbranched alkanes of at least 4 members (excludes halogenated alkanes) is 2. The summed E-state index contributed by atoms with van der Waals surface area (Å²) in [5, 5.41) is 0. The van der Waals surface area contributed by atoms with Crippen LogP contribution in [-0.2, 0) is 6.42 Å². The lowest BCUT2D eigenvalue weighted by Crippen LogP contribution is -2.18. The molecule has 0 aliphatic heterocycles. The van der Waals surface area contributed by atoms with Crippen LogP contribution in [-0.4, -0.2) is 0 Å². The summed E-state index contributed by atoms with van der Waals surface area (Å²) in [6.45, 7) is 17.0. The van der Waals surface area contributed by atoms with Crippen LogP contribution in [0.15, 0.2) is 24.3 Å². The Morgan fingerprint density at radius 2 is 1.63 bits per heavy atom. The van der Waals surface area contributed by atoms with E-state index in [1.165, 1.54) is 75.3 Å². The van der Waals surface area contributed by atoms with Crippen LogP contribution in [0.2, 0.25) is 0 Å². The van der Waals surface area contributed by atoms with E-state index in [0.29, 0.717) is 0 Å². The Kier molecular flexibility index (Phi) is 11.0. The van der Waals surface area contributed by atoms with Gasteiger partial charge in [-0.3, -0.25) is 0 Å². The van der Waals surface area contributed by atoms with Gasteiger partial charge in [-0.2, -0.15) is 0 Å². The van der Waals surface area contributed by atoms with Crippen LogP contribution >= 0.6 is 0 Å². The van der Waals surface area contributed by atoms with Crippen molar-refractivity contribution in [2.45, 2.75) is 113 Å². The monoisotopic (exact) mass is 412 g/mol. The highest BCUT2D eigenvalue weighted by Gasteiger charge is 2.33. The van der Waals surface area contributed by atoms with Crippen molar-refractivity contribution < 1.29 is 0 Å². The second kappa shape index (κ2) is 12.9. The van der Waals surface area contributed by atoms with Crippen LogP contribution < -0.4 is 0 Å². The topological polar surface area (TPSA) is 0 Å². The highest BCUT2D eigenvalue weighted by molar-refractivity contribution is 5.22. The number of rotatable bonds is 15. The Labute approximate surface area is 189 Å². The summed E-state index contributed by atoms with van der Waals surface area (Å²) in [5.41, 5.74) is 2.93. The molecule has 0 aromatic heterocycles. The van der Waals surface area contributed by atoms with Gasteiger partial charge in [-0.15, -0.1) is 0 Å². The highest BCUT2D eigenvalue weighted by atomic mass is 14.4. The van der Waals surface area contributed by atoms with E-state index in [-0.39, 0.29) is 0 Å². The average molecular weight is 413 g/mol. The third-order valence-corrected chi connectivity index (χ3v) is 8.27. The van der Waals surface area contributed by atoms with Crippen LogP contribution in [0.3, 0.4) is 0 Å². The molecular weight excluding hydrogens is 360 g/mol. The number of benzene rings is 1. The number of hydrogen-bond acceptors (Lipinski definition) is 0. The molecule has 0 radical (unpaired) electrons. The molecule has 2 rings (SSSR count). The van der Waals surface area contributed by atoms with E-state index in [1.807, 2.05) is 0 Å². The molecule has 172 valence electrons. The number of aryl methyl sites for hydroxylation is 1. The standard InChI is InChI=1S/C30H52/c1-8-30(22(2)3)25(6)14-10-9-11-16-29(26(7)28-17-18-28)21-24(5)20-27-15-12-13-23(4)19-27/h12-13,15,19,22,24-26,28-30H,8-11,14,16-18,20-21H2,1-7H3. The summed E-state index contributed by atoms with van der Waals surface area (Å²) in [4.78, 5) is 0. The molecule has 1 saturated carbocycles. The average Bonchev–Trinajstić information content (AvgIpc) is 3.51. The summed E-state index contributed by atoms with van der Waals surface area (Å²) in [6.07, 6.45) is 14.2. The van der Waals surface area contributed by atoms with Crippen molar-refractivity contribution in [1.82, 2.24) is 0 Å². The zero-order valence-electron chi connectivity index (χ0n) is 21.4. The van der Waals surface area contributed by atoms with Crippen LogP contribution in [0.4, 0.5) is 0 Å². The zero-order valence-corrected chi connectivity index (χ0v) is 21.4. The van der Waals surface area contributed by atoms with Crippen molar-refractivity contribution in [3.05, 3.63) is 35.4 Å². The van der Waals surface area contributed by atoms with E-state index in [0.717, 1.165) is 41.4 Å². The molecule has 0 heteroatoms. The fourth-order valence-corrected chi connectivity index (χ4v) is 6.24. The first-order valence-corrected chi connectivity index (χ1v) is 13.4. The molecule has 0 bridgehead atoms. The minimum absolute atomic E-state index is 0.800. The third kappa shape index (κ3) is 8.76. The Morgan fingerprint density at radius 3 is 2.23 bits per heavy atom. The van der Waals surface area contributed by atoms with Crippen molar-refractivity contribution in [2.24, 2.45) is 41.4 Å². The number of hydrogen-bond donors (Lipinski definition) is 0. The Hall–Kier alpha value is -0.780. The van der Waals surface area contributed by atoms with Gasteiger partial charge in [0.25, 0.3) is 0 Å². The molecule has 1 aromatic rings.